The van der Waals surface area contributed by atoms with Crippen molar-refractivity contribution in [3.05, 3.63) is 36.6 Å². The third kappa shape index (κ3) is 5.34. The number of hydrogen-bond donors (Lipinski definition) is 1. The molecule has 140 valence electrons. The van der Waals surface area contributed by atoms with Gasteiger partial charge in [0.15, 0.2) is 0 Å². The van der Waals surface area contributed by atoms with Crippen LogP contribution in [-0.4, -0.2) is 59.9 Å². The van der Waals surface area contributed by atoms with E-state index in [1.807, 2.05) is 52.0 Å². The van der Waals surface area contributed by atoms with Crippen molar-refractivity contribution in [1.29, 1.82) is 0 Å². The lowest BCUT2D eigenvalue weighted by molar-refractivity contribution is -0.0582. The molecular weight excluding hydrogens is 316 g/mol. The van der Waals surface area contributed by atoms with E-state index in [1.165, 1.54) is 0 Å². The molecule has 0 aliphatic carbocycles. The van der Waals surface area contributed by atoms with Crippen molar-refractivity contribution in [1.82, 2.24) is 20.5 Å². The van der Waals surface area contributed by atoms with Gasteiger partial charge in [-0.05, 0) is 40.2 Å². The normalized spacial score (nSPS) is 20.2. The number of hydrazine groups is 2. The molecule has 0 aromatic rings. The van der Waals surface area contributed by atoms with Gasteiger partial charge in [0, 0.05) is 44.3 Å². The average Bonchev–Trinajstić information content (AvgIpc) is 2.87. The highest BCUT2D eigenvalue weighted by Crippen LogP contribution is 2.40. The molecule has 6 nitrogen and oxygen atoms in total. The van der Waals surface area contributed by atoms with Crippen molar-refractivity contribution in [2.24, 2.45) is 5.41 Å². The van der Waals surface area contributed by atoms with Gasteiger partial charge in [0.2, 0.25) is 0 Å². The average molecular weight is 348 g/mol. The van der Waals surface area contributed by atoms with Crippen molar-refractivity contribution in [3.63, 3.8) is 0 Å². The summed E-state index contributed by atoms with van der Waals surface area (Å²) in [4.78, 5) is 13.9. The zero-order valence-electron chi connectivity index (χ0n) is 16.3. The predicted octanol–water partition coefficient (Wildman–Crippen LogP) is 2.93. The molecule has 2 aliphatic rings. The third-order valence-corrected chi connectivity index (χ3v) is 4.42. The molecule has 2 heterocycles. The van der Waals surface area contributed by atoms with Crippen LogP contribution in [0.1, 0.15) is 34.1 Å². The van der Waals surface area contributed by atoms with Crippen molar-refractivity contribution in [3.8, 4) is 0 Å². The SMILES string of the molecule is C=C(C)/C=C\C(=C)NN(C)N1CCC2(CN(C(=O)OC(C)(C)C)C2)C1. The maximum atomic E-state index is 12.1. The summed E-state index contributed by atoms with van der Waals surface area (Å²) in [5.41, 5.74) is 4.80. The van der Waals surface area contributed by atoms with Crippen LogP contribution in [0.2, 0.25) is 0 Å². The van der Waals surface area contributed by atoms with Gasteiger partial charge < -0.3 is 15.1 Å². The third-order valence-electron chi connectivity index (χ3n) is 4.42. The Morgan fingerprint density at radius 2 is 1.88 bits per heavy atom. The molecule has 1 amide bonds. The minimum absolute atomic E-state index is 0.182. The molecule has 0 unspecified atom stereocenters. The fourth-order valence-corrected chi connectivity index (χ4v) is 3.20. The molecule has 2 saturated heterocycles. The van der Waals surface area contributed by atoms with Crippen molar-refractivity contribution < 1.29 is 9.53 Å². The zero-order valence-corrected chi connectivity index (χ0v) is 16.3. The monoisotopic (exact) mass is 348 g/mol. The second-order valence-electron chi connectivity index (χ2n) is 8.31. The number of rotatable bonds is 5. The second-order valence-corrected chi connectivity index (χ2v) is 8.31. The topological polar surface area (TPSA) is 48.0 Å². The number of nitrogens with zero attached hydrogens (tertiary/aromatic N) is 3. The van der Waals surface area contributed by atoms with Gasteiger partial charge in [-0.1, -0.05) is 24.8 Å². The fourth-order valence-electron chi connectivity index (χ4n) is 3.20. The Hall–Kier alpha value is -1.79. The lowest BCUT2D eigenvalue weighted by Crippen LogP contribution is -2.61. The van der Waals surface area contributed by atoms with Gasteiger partial charge in [-0.2, -0.15) is 5.12 Å². The van der Waals surface area contributed by atoms with Crippen LogP contribution >= 0.6 is 0 Å². The van der Waals surface area contributed by atoms with E-state index in [9.17, 15) is 4.79 Å². The molecule has 0 atom stereocenters. The van der Waals surface area contributed by atoms with E-state index < -0.39 is 5.60 Å². The summed E-state index contributed by atoms with van der Waals surface area (Å²) in [6, 6.07) is 0. The van der Waals surface area contributed by atoms with Crippen molar-refractivity contribution in [2.75, 3.05) is 33.2 Å². The molecule has 0 bridgehead atoms. The minimum atomic E-state index is -0.441. The quantitative estimate of drug-likeness (QED) is 0.611. The van der Waals surface area contributed by atoms with E-state index in [4.69, 9.17) is 4.74 Å². The van der Waals surface area contributed by atoms with Crippen LogP contribution in [0, 0.1) is 5.41 Å². The van der Waals surface area contributed by atoms with Gasteiger partial charge >= 0.3 is 6.09 Å². The standard InChI is InChI=1S/C19H32N4O2/c1-15(2)8-9-16(3)20-21(7)23-11-10-19(14-23)12-22(13-19)17(24)25-18(4,5)6/h8-9,20H,1,3,10-14H2,2,4-7H3/b9-8-. The number of likely N-dealkylation sites (tertiary alicyclic amines) is 1. The molecule has 6 heteroatoms. The number of hydrogen-bond acceptors (Lipinski definition) is 5. The van der Waals surface area contributed by atoms with Crippen LogP contribution in [0.15, 0.2) is 36.6 Å². The zero-order chi connectivity index (χ0) is 18.8. The first-order chi connectivity index (χ1) is 11.5. The number of ether oxygens (including phenoxy) is 1. The van der Waals surface area contributed by atoms with Crippen LogP contribution in [0.25, 0.3) is 0 Å². The summed E-state index contributed by atoms with van der Waals surface area (Å²) in [6.07, 6.45) is 4.71. The first kappa shape index (κ1) is 19.5. The van der Waals surface area contributed by atoms with E-state index in [2.05, 4.69) is 23.6 Å². The molecule has 0 saturated carbocycles. The smallest absolute Gasteiger partial charge is 0.410 e. The Kier molecular flexibility index (Phi) is 5.64. The summed E-state index contributed by atoms with van der Waals surface area (Å²) in [5, 5.41) is 4.24. The largest absolute Gasteiger partial charge is 0.444 e. The lowest BCUT2D eigenvalue weighted by Gasteiger charge is -2.48. The van der Waals surface area contributed by atoms with Crippen LogP contribution in [0.4, 0.5) is 4.79 Å². The Balaban J connectivity index is 1.79. The molecule has 0 aromatic heterocycles. The molecular formula is C19H32N4O2. The van der Waals surface area contributed by atoms with E-state index in [1.54, 1.807) is 4.90 Å². The first-order valence-electron chi connectivity index (χ1n) is 8.75. The predicted molar refractivity (Wildman–Crippen MR) is 100 cm³/mol. The van der Waals surface area contributed by atoms with Crippen LogP contribution < -0.4 is 5.43 Å². The number of carbonyl (C=O) groups excluding carboxylic acids is 1. The Morgan fingerprint density at radius 3 is 2.44 bits per heavy atom. The van der Waals surface area contributed by atoms with Gasteiger partial charge in [0.25, 0.3) is 0 Å². The van der Waals surface area contributed by atoms with Crippen molar-refractivity contribution >= 4 is 6.09 Å². The summed E-state index contributed by atoms with van der Waals surface area (Å²) in [7, 11) is 1.99. The number of allylic oxidation sites excluding steroid dienone is 3. The molecule has 2 fully saturated rings. The second kappa shape index (κ2) is 7.22. The summed E-state index contributed by atoms with van der Waals surface area (Å²) < 4.78 is 5.44. The summed E-state index contributed by atoms with van der Waals surface area (Å²) in [6.45, 7) is 18.9. The molecule has 0 aromatic carbocycles. The van der Waals surface area contributed by atoms with Gasteiger partial charge in [0.05, 0.1) is 0 Å². The number of amides is 1. The minimum Gasteiger partial charge on any atom is -0.444 e. The lowest BCUT2D eigenvalue weighted by atomic mass is 9.79. The van der Waals surface area contributed by atoms with Gasteiger partial charge in [-0.3, -0.25) is 0 Å². The van der Waals surface area contributed by atoms with E-state index in [0.29, 0.717) is 0 Å². The first-order valence-corrected chi connectivity index (χ1v) is 8.75. The Bertz CT molecular complexity index is 570. The highest BCUT2D eigenvalue weighted by Gasteiger charge is 2.50. The molecule has 1 N–H and O–H groups in total. The number of carbonyl (C=O) groups is 1. The molecule has 1 spiro atoms. The summed E-state index contributed by atoms with van der Waals surface area (Å²) in [5.74, 6) is 0. The Morgan fingerprint density at radius 1 is 1.24 bits per heavy atom. The number of nitrogens with one attached hydrogen (secondary N) is 1. The van der Waals surface area contributed by atoms with Crippen LogP contribution in [0.3, 0.4) is 0 Å². The summed E-state index contributed by atoms with van der Waals surface area (Å²) >= 11 is 0. The van der Waals surface area contributed by atoms with E-state index >= 15 is 0 Å². The van der Waals surface area contributed by atoms with Gasteiger partial charge in [0.1, 0.15) is 5.60 Å². The fraction of sp³-hybridized carbons (Fsp3) is 0.632. The van der Waals surface area contributed by atoms with Gasteiger partial charge in [-0.15, -0.1) is 0 Å². The van der Waals surface area contributed by atoms with Crippen LogP contribution in [-0.2, 0) is 4.74 Å². The maximum absolute atomic E-state index is 12.1. The van der Waals surface area contributed by atoms with Crippen molar-refractivity contribution in [2.45, 2.75) is 39.7 Å². The maximum Gasteiger partial charge on any atom is 0.410 e. The van der Waals surface area contributed by atoms with Crippen LogP contribution in [0.5, 0.6) is 0 Å². The molecule has 2 aliphatic heterocycles. The molecule has 0 radical (unpaired) electrons. The Labute approximate surface area is 151 Å². The van der Waals surface area contributed by atoms with E-state index in [0.717, 1.165) is 43.9 Å². The highest BCUT2D eigenvalue weighted by molar-refractivity contribution is 5.69. The highest BCUT2D eigenvalue weighted by atomic mass is 16.6. The van der Waals surface area contributed by atoms with E-state index in [-0.39, 0.29) is 11.5 Å². The molecule has 25 heavy (non-hydrogen) atoms. The molecule has 2 rings (SSSR count). The van der Waals surface area contributed by atoms with Gasteiger partial charge in [-0.25, -0.2) is 9.80 Å².